The summed E-state index contributed by atoms with van der Waals surface area (Å²) in [6, 6.07) is 11.5. The van der Waals surface area contributed by atoms with Gasteiger partial charge in [0, 0.05) is 29.0 Å². The molecule has 27 heavy (non-hydrogen) atoms. The van der Waals surface area contributed by atoms with E-state index < -0.39 is 0 Å². The average Bonchev–Trinajstić information content (AvgIpc) is 2.64. The second-order valence-corrected chi connectivity index (χ2v) is 7.12. The van der Waals surface area contributed by atoms with Crippen LogP contribution in [0.4, 0.5) is 0 Å². The van der Waals surface area contributed by atoms with Gasteiger partial charge in [-0.1, -0.05) is 58.4 Å². The Morgan fingerprint density at radius 2 is 2.07 bits per heavy atom. The van der Waals surface area contributed by atoms with E-state index in [1.54, 1.807) is 6.08 Å². The number of rotatable bonds is 9. The van der Waals surface area contributed by atoms with Gasteiger partial charge in [0.1, 0.15) is 12.4 Å². The summed E-state index contributed by atoms with van der Waals surface area (Å²) in [6.07, 6.45) is 5.98. The van der Waals surface area contributed by atoms with Gasteiger partial charge in [-0.3, -0.25) is 4.79 Å². The quantitative estimate of drug-likeness (QED) is 0.427. The van der Waals surface area contributed by atoms with E-state index in [1.165, 1.54) is 0 Å². The van der Waals surface area contributed by atoms with Crippen LogP contribution < -0.4 is 15.8 Å². The van der Waals surface area contributed by atoms with Crippen molar-refractivity contribution in [1.29, 1.82) is 0 Å². The Balaban J connectivity index is 2.22. The number of benzene rings is 2. The zero-order valence-electron chi connectivity index (χ0n) is 14.9. The van der Waals surface area contributed by atoms with Crippen LogP contribution in [0.25, 0.3) is 12.2 Å². The van der Waals surface area contributed by atoms with Gasteiger partial charge in [0.25, 0.3) is 0 Å². The van der Waals surface area contributed by atoms with Crippen LogP contribution in [-0.4, -0.2) is 19.1 Å². The van der Waals surface area contributed by atoms with Crippen LogP contribution in [0.2, 0.25) is 5.02 Å². The molecule has 2 aromatic carbocycles. The van der Waals surface area contributed by atoms with Crippen LogP contribution in [-0.2, 0) is 11.3 Å². The van der Waals surface area contributed by atoms with E-state index >= 15 is 0 Å². The SMILES string of the molecule is C=CCOc1cc(/C=C/c2ccc(Cl)cc2Br)cc(CNC(=O)CCN)c1. The molecule has 0 unspecified atom stereocenters. The van der Waals surface area contributed by atoms with Crippen molar-refractivity contribution in [2.45, 2.75) is 13.0 Å². The number of ether oxygens (including phenoxy) is 1. The van der Waals surface area contributed by atoms with Crippen LogP contribution in [0.5, 0.6) is 5.75 Å². The van der Waals surface area contributed by atoms with E-state index in [1.807, 2.05) is 48.6 Å². The summed E-state index contributed by atoms with van der Waals surface area (Å²) in [4.78, 5) is 11.7. The van der Waals surface area contributed by atoms with E-state index in [2.05, 4.69) is 27.8 Å². The first-order valence-electron chi connectivity index (χ1n) is 8.49. The number of nitrogens with two attached hydrogens (primary N) is 1. The largest absolute Gasteiger partial charge is 0.490 e. The first-order valence-corrected chi connectivity index (χ1v) is 9.66. The Bertz CT molecular complexity index is 837. The molecule has 0 saturated heterocycles. The van der Waals surface area contributed by atoms with Crippen LogP contribution >= 0.6 is 27.5 Å². The fraction of sp³-hybridized carbons (Fsp3) is 0.190. The Kier molecular flexibility index (Phi) is 8.58. The number of nitrogens with one attached hydrogen (secondary N) is 1. The molecule has 0 atom stereocenters. The van der Waals surface area contributed by atoms with Gasteiger partial charge in [0.05, 0.1) is 0 Å². The third-order valence-corrected chi connectivity index (χ3v) is 4.56. The topological polar surface area (TPSA) is 64.3 Å². The Labute approximate surface area is 173 Å². The van der Waals surface area contributed by atoms with Gasteiger partial charge in [0.2, 0.25) is 5.91 Å². The standard InChI is InChI=1S/C21H22BrClN2O2/c1-2-9-27-19-11-15(3-4-17-5-6-18(23)13-20(17)22)10-16(12-19)14-25-21(26)7-8-24/h2-6,10-13H,1,7-9,14,24H2,(H,25,26)/b4-3+. The summed E-state index contributed by atoms with van der Waals surface area (Å²) in [5.74, 6) is 0.646. The molecular formula is C21H22BrClN2O2. The molecule has 0 aromatic heterocycles. The first-order chi connectivity index (χ1) is 13.0. The van der Waals surface area contributed by atoms with E-state index in [-0.39, 0.29) is 5.91 Å². The Morgan fingerprint density at radius 1 is 1.26 bits per heavy atom. The highest BCUT2D eigenvalue weighted by atomic mass is 79.9. The van der Waals surface area contributed by atoms with Gasteiger partial charge in [-0.25, -0.2) is 0 Å². The van der Waals surface area contributed by atoms with Crippen LogP contribution in [0.1, 0.15) is 23.1 Å². The summed E-state index contributed by atoms with van der Waals surface area (Å²) >= 11 is 9.50. The number of hydrogen-bond donors (Lipinski definition) is 2. The zero-order valence-corrected chi connectivity index (χ0v) is 17.2. The van der Waals surface area contributed by atoms with Gasteiger partial charge >= 0.3 is 0 Å². The molecule has 3 N–H and O–H groups in total. The number of carbonyl (C=O) groups is 1. The fourth-order valence-corrected chi connectivity index (χ4v) is 3.18. The molecule has 2 rings (SSSR count). The summed E-state index contributed by atoms with van der Waals surface area (Å²) in [5.41, 5.74) is 8.32. The predicted octanol–water partition coefficient (Wildman–Crippen LogP) is 4.80. The van der Waals surface area contributed by atoms with Crippen molar-refractivity contribution in [2.75, 3.05) is 13.2 Å². The molecule has 1 amide bonds. The minimum atomic E-state index is -0.0721. The molecule has 0 aliphatic heterocycles. The molecule has 0 bridgehead atoms. The second-order valence-electron chi connectivity index (χ2n) is 5.82. The minimum Gasteiger partial charge on any atom is -0.490 e. The van der Waals surface area contributed by atoms with Gasteiger partial charge < -0.3 is 15.8 Å². The molecule has 0 aliphatic carbocycles. The average molecular weight is 450 g/mol. The van der Waals surface area contributed by atoms with Gasteiger partial charge in [-0.2, -0.15) is 0 Å². The summed E-state index contributed by atoms with van der Waals surface area (Å²) in [6.45, 7) is 4.83. The van der Waals surface area contributed by atoms with Gasteiger partial charge in [0.15, 0.2) is 0 Å². The molecule has 0 radical (unpaired) electrons. The van der Waals surface area contributed by atoms with Crippen molar-refractivity contribution in [3.63, 3.8) is 0 Å². The predicted molar refractivity (Wildman–Crippen MR) is 116 cm³/mol. The molecule has 6 heteroatoms. The number of amides is 1. The van der Waals surface area contributed by atoms with Crippen LogP contribution in [0.15, 0.2) is 53.5 Å². The summed E-state index contributed by atoms with van der Waals surface area (Å²) in [7, 11) is 0. The first kappa shape index (κ1) is 21.2. The maximum absolute atomic E-state index is 11.7. The Morgan fingerprint density at radius 3 is 2.78 bits per heavy atom. The van der Waals surface area contributed by atoms with E-state index in [0.717, 1.165) is 26.9 Å². The maximum Gasteiger partial charge on any atom is 0.221 e. The minimum absolute atomic E-state index is 0.0721. The van der Waals surface area contributed by atoms with E-state index in [0.29, 0.717) is 31.1 Å². The van der Waals surface area contributed by atoms with E-state index in [4.69, 9.17) is 22.1 Å². The van der Waals surface area contributed by atoms with Crippen molar-refractivity contribution < 1.29 is 9.53 Å². The highest BCUT2D eigenvalue weighted by Gasteiger charge is 2.04. The zero-order chi connectivity index (χ0) is 19.6. The normalized spacial score (nSPS) is 10.8. The monoisotopic (exact) mass is 448 g/mol. The third-order valence-electron chi connectivity index (χ3n) is 3.64. The molecule has 0 fully saturated rings. The van der Waals surface area contributed by atoms with Crippen LogP contribution in [0.3, 0.4) is 0 Å². The lowest BCUT2D eigenvalue weighted by Gasteiger charge is -2.10. The van der Waals surface area contributed by atoms with Crippen molar-refractivity contribution >= 4 is 45.6 Å². The number of hydrogen-bond acceptors (Lipinski definition) is 3. The van der Waals surface area contributed by atoms with Crippen LogP contribution in [0, 0.1) is 0 Å². The van der Waals surface area contributed by atoms with Crippen molar-refractivity contribution in [2.24, 2.45) is 5.73 Å². The summed E-state index contributed by atoms with van der Waals surface area (Å²) < 4.78 is 6.59. The summed E-state index contributed by atoms with van der Waals surface area (Å²) in [5, 5.41) is 3.53. The second kappa shape index (κ2) is 10.9. The van der Waals surface area contributed by atoms with Crippen molar-refractivity contribution in [3.8, 4) is 5.75 Å². The Hall–Kier alpha value is -2.08. The highest BCUT2D eigenvalue weighted by Crippen LogP contribution is 2.25. The number of halogens is 2. The molecule has 142 valence electrons. The molecule has 0 saturated carbocycles. The highest BCUT2D eigenvalue weighted by molar-refractivity contribution is 9.10. The number of carbonyl (C=O) groups excluding carboxylic acids is 1. The van der Waals surface area contributed by atoms with Crippen molar-refractivity contribution in [3.05, 3.63) is 75.2 Å². The lowest BCUT2D eigenvalue weighted by atomic mass is 10.1. The molecule has 0 heterocycles. The third kappa shape index (κ3) is 7.21. The van der Waals surface area contributed by atoms with Gasteiger partial charge in [-0.15, -0.1) is 0 Å². The van der Waals surface area contributed by atoms with Gasteiger partial charge in [-0.05, 0) is 47.0 Å². The fourth-order valence-electron chi connectivity index (χ4n) is 2.37. The molecule has 0 aliphatic rings. The smallest absolute Gasteiger partial charge is 0.221 e. The lowest BCUT2D eigenvalue weighted by molar-refractivity contribution is -0.121. The molecular weight excluding hydrogens is 428 g/mol. The van der Waals surface area contributed by atoms with Crippen molar-refractivity contribution in [1.82, 2.24) is 5.32 Å². The molecule has 0 spiro atoms. The lowest BCUT2D eigenvalue weighted by Crippen LogP contribution is -2.25. The molecule has 2 aromatic rings. The van der Waals surface area contributed by atoms with E-state index in [9.17, 15) is 4.79 Å². The molecule has 4 nitrogen and oxygen atoms in total. The maximum atomic E-state index is 11.7.